The van der Waals surface area contributed by atoms with E-state index in [4.69, 9.17) is 11.6 Å². The molecule has 4 nitrogen and oxygen atoms in total. The predicted molar refractivity (Wildman–Crippen MR) is 79.1 cm³/mol. The number of aromatic amines is 1. The van der Waals surface area contributed by atoms with Gasteiger partial charge < -0.3 is 10.3 Å². The van der Waals surface area contributed by atoms with Gasteiger partial charge in [0, 0.05) is 17.3 Å². The SMILES string of the molecule is C[C@@H](Cc1cccc(Cl)c1)NC(=O)c1ccc[nH]c1=O. The minimum Gasteiger partial charge on any atom is -0.349 e. The molecule has 0 bridgehead atoms. The van der Waals surface area contributed by atoms with Crippen LogP contribution in [0.2, 0.25) is 5.02 Å². The molecule has 0 unspecified atom stereocenters. The highest BCUT2D eigenvalue weighted by Crippen LogP contribution is 2.12. The molecule has 0 saturated heterocycles. The highest BCUT2D eigenvalue weighted by Gasteiger charge is 2.13. The summed E-state index contributed by atoms with van der Waals surface area (Å²) >= 11 is 5.92. The Morgan fingerprint density at radius 2 is 2.15 bits per heavy atom. The van der Waals surface area contributed by atoms with E-state index in [0.717, 1.165) is 5.56 Å². The average molecular weight is 291 g/mol. The van der Waals surface area contributed by atoms with Gasteiger partial charge in [-0.3, -0.25) is 9.59 Å². The van der Waals surface area contributed by atoms with E-state index in [1.165, 1.54) is 12.3 Å². The number of hydrogen-bond donors (Lipinski definition) is 2. The Labute approximate surface area is 121 Å². The molecule has 1 atom stereocenters. The van der Waals surface area contributed by atoms with Crippen molar-refractivity contribution in [1.29, 1.82) is 0 Å². The highest BCUT2D eigenvalue weighted by molar-refractivity contribution is 6.30. The first kappa shape index (κ1) is 14.3. The molecular weight excluding hydrogens is 276 g/mol. The van der Waals surface area contributed by atoms with Crippen molar-refractivity contribution in [3.8, 4) is 0 Å². The summed E-state index contributed by atoms with van der Waals surface area (Å²) in [6.07, 6.45) is 2.14. The lowest BCUT2D eigenvalue weighted by Gasteiger charge is -2.13. The number of carbonyl (C=O) groups is 1. The standard InChI is InChI=1S/C15H15ClN2O2/c1-10(8-11-4-2-5-12(16)9-11)18-15(20)13-6-3-7-17-14(13)19/h2-7,9-10H,8H2,1H3,(H,17,19)(H,18,20)/t10-/m0/s1. The topological polar surface area (TPSA) is 62.0 Å². The van der Waals surface area contributed by atoms with Crippen LogP contribution in [0.3, 0.4) is 0 Å². The number of rotatable bonds is 4. The fourth-order valence-corrected chi connectivity index (χ4v) is 2.18. The van der Waals surface area contributed by atoms with Crippen LogP contribution >= 0.6 is 11.6 Å². The number of carbonyl (C=O) groups excluding carboxylic acids is 1. The molecule has 20 heavy (non-hydrogen) atoms. The monoisotopic (exact) mass is 290 g/mol. The van der Waals surface area contributed by atoms with Gasteiger partial charge in [-0.1, -0.05) is 23.7 Å². The molecule has 104 valence electrons. The first-order valence-electron chi connectivity index (χ1n) is 6.29. The lowest BCUT2D eigenvalue weighted by molar-refractivity contribution is 0.0938. The van der Waals surface area contributed by atoms with Crippen LogP contribution in [0.4, 0.5) is 0 Å². The molecule has 0 aliphatic heterocycles. The minimum absolute atomic E-state index is 0.0967. The van der Waals surface area contributed by atoms with Crippen LogP contribution in [0.5, 0.6) is 0 Å². The van der Waals surface area contributed by atoms with Crippen LogP contribution in [0.15, 0.2) is 47.4 Å². The van der Waals surface area contributed by atoms with Gasteiger partial charge in [0.15, 0.2) is 0 Å². The number of H-pyrrole nitrogens is 1. The van der Waals surface area contributed by atoms with Crippen molar-refractivity contribution in [3.63, 3.8) is 0 Å². The number of halogens is 1. The molecule has 0 spiro atoms. The maximum atomic E-state index is 12.0. The molecule has 0 fully saturated rings. The number of aromatic nitrogens is 1. The lowest BCUT2D eigenvalue weighted by atomic mass is 10.1. The third kappa shape index (κ3) is 3.71. The molecule has 2 N–H and O–H groups in total. The molecule has 1 aromatic heterocycles. The second-order valence-corrected chi connectivity index (χ2v) is 5.06. The van der Waals surface area contributed by atoms with Crippen LogP contribution in [0, 0.1) is 0 Å². The number of pyridine rings is 1. The van der Waals surface area contributed by atoms with E-state index in [2.05, 4.69) is 10.3 Å². The summed E-state index contributed by atoms with van der Waals surface area (Å²) in [5.41, 5.74) is 0.762. The van der Waals surface area contributed by atoms with E-state index in [-0.39, 0.29) is 23.1 Å². The molecule has 0 aliphatic carbocycles. The first-order chi connectivity index (χ1) is 9.56. The number of nitrogens with one attached hydrogen (secondary N) is 2. The third-order valence-electron chi connectivity index (χ3n) is 2.87. The van der Waals surface area contributed by atoms with Crippen molar-refractivity contribution >= 4 is 17.5 Å². The van der Waals surface area contributed by atoms with Gasteiger partial charge in [0.25, 0.3) is 11.5 Å². The highest BCUT2D eigenvalue weighted by atomic mass is 35.5. The normalized spacial score (nSPS) is 11.9. The van der Waals surface area contributed by atoms with Gasteiger partial charge in [-0.05, 0) is 43.2 Å². The van der Waals surface area contributed by atoms with Crippen LogP contribution in [-0.2, 0) is 6.42 Å². The van der Waals surface area contributed by atoms with E-state index in [0.29, 0.717) is 11.4 Å². The summed E-state index contributed by atoms with van der Waals surface area (Å²) in [6.45, 7) is 1.88. The Balaban J connectivity index is 2.01. The molecule has 1 heterocycles. The van der Waals surface area contributed by atoms with Crippen molar-refractivity contribution in [2.45, 2.75) is 19.4 Å². The number of hydrogen-bond acceptors (Lipinski definition) is 2. The summed E-state index contributed by atoms with van der Waals surface area (Å²) < 4.78 is 0. The third-order valence-corrected chi connectivity index (χ3v) is 3.11. The van der Waals surface area contributed by atoms with Gasteiger partial charge in [0.1, 0.15) is 5.56 Å². The molecule has 0 aliphatic rings. The van der Waals surface area contributed by atoms with Gasteiger partial charge in [0.2, 0.25) is 0 Å². The smallest absolute Gasteiger partial charge is 0.260 e. The Morgan fingerprint density at radius 3 is 2.85 bits per heavy atom. The molecular formula is C15H15ClN2O2. The average Bonchev–Trinajstić information content (AvgIpc) is 2.38. The van der Waals surface area contributed by atoms with Gasteiger partial charge in [-0.2, -0.15) is 0 Å². The quantitative estimate of drug-likeness (QED) is 0.908. The van der Waals surface area contributed by atoms with Crippen molar-refractivity contribution in [1.82, 2.24) is 10.3 Å². The van der Waals surface area contributed by atoms with E-state index >= 15 is 0 Å². The summed E-state index contributed by atoms with van der Waals surface area (Å²) in [5.74, 6) is -0.374. The Kier molecular flexibility index (Phi) is 4.58. The lowest BCUT2D eigenvalue weighted by Crippen LogP contribution is -2.36. The second-order valence-electron chi connectivity index (χ2n) is 4.62. The summed E-state index contributed by atoms with van der Waals surface area (Å²) in [5, 5.41) is 3.47. The van der Waals surface area contributed by atoms with Gasteiger partial charge in [-0.15, -0.1) is 0 Å². The van der Waals surface area contributed by atoms with Gasteiger partial charge in [-0.25, -0.2) is 0 Å². The van der Waals surface area contributed by atoms with E-state index in [1.807, 2.05) is 25.1 Å². The molecule has 2 aromatic rings. The Hall–Kier alpha value is -2.07. The number of amides is 1. The van der Waals surface area contributed by atoms with Crippen molar-refractivity contribution in [3.05, 3.63) is 69.1 Å². The Morgan fingerprint density at radius 1 is 1.35 bits per heavy atom. The molecule has 2 rings (SSSR count). The zero-order valence-electron chi connectivity index (χ0n) is 11.0. The zero-order valence-corrected chi connectivity index (χ0v) is 11.8. The number of benzene rings is 1. The first-order valence-corrected chi connectivity index (χ1v) is 6.67. The van der Waals surface area contributed by atoms with Crippen molar-refractivity contribution in [2.24, 2.45) is 0 Å². The van der Waals surface area contributed by atoms with E-state index in [9.17, 15) is 9.59 Å². The fourth-order valence-electron chi connectivity index (χ4n) is 1.97. The van der Waals surface area contributed by atoms with E-state index in [1.54, 1.807) is 12.1 Å². The van der Waals surface area contributed by atoms with Crippen molar-refractivity contribution in [2.75, 3.05) is 0 Å². The van der Waals surface area contributed by atoms with Gasteiger partial charge >= 0.3 is 0 Å². The largest absolute Gasteiger partial charge is 0.349 e. The molecule has 1 amide bonds. The van der Waals surface area contributed by atoms with Gasteiger partial charge in [0.05, 0.1) is 0 Å². The fraction of sp³-hybridized carbons (Fsp3) is 0.200. The maximum Gasteiger partial charge on any atom is 0.260 e. The Bertz CT molecular complexity index is 667. The minimum atomic E-state index is -0.389. The maximum absolute atomic E-state index is 12.0. The molecule has 0 saturated carbocycles. The molecule has 1 aromatic carbocycles. The van der Waals surface area contributed by atoms with Crippen LogP contribution in [0.25, 0.3) is 0 Å². The van der Waals surface area contributed by atoms with Crippen LogP contribution in [-0.4, -0.2) is 16.9 Å². The summed E-state index contributed by atoms with van der Waals surface area (Å²) in [6, 6.07) is 10.5. The zero-order chi connectivity index (χ0) is 14.5. The molecule has 5 heteroatoms. The van der Waals surface area contributed by atoms with Crippen LogP contribution in [0.1, 0.15) is 22.8 Å². The van der Waals surface area contributed by atoms with Crippen molar-refractivity contribution < 1.29 is 4.79 Å². The predicted octanol–water partition coefficient (Wildman–Crippen LogP) is 2.39. The molecule has 0 radical (unpaired) electrons. The summed E-state index contributed by atoms with van der Waals surface area (Å²) in [4.78, 5) is 26.0. The van der Waals surface area contributed by atoms with Crippen LogP contribution < -0.4 is 10.9 Å². The second kappa shape index (κ2) is 6.39. The van der Waals surface area contributed by atoms with E-state index < -0.39 is 0 Å². The summed E-state index contributed by atoms with van der Waals surface area (Å²) in [7, 11) is 0.